The van der Waals surface area contributed by atoms with Gasteiger partial charge in [0.05, 0.1) is 5.56 Å². The van der Waals surface area contributed by atoms with E-state index in [1.54, 1.807) is 26.2 Å². The summed E-state index contributed by atoms with van der Waals surface area (Å²) in [5, 5.41) is 0.417. The van der Waals surface area contributed by atoms with Crippen molar-refractivity contribution in [3.63, 3.8) is 0 Å². The van der Waals surface area contributed by atoms with Gasteiger partial charge in [-0.15, -0.1) is 0 Å². The van der Waals surface area contributed by atoms with Gasteiger partial charge in [-0.1, -0.05) is 18.2 Å². The second-order valence-electron chi connectivity index (χ2n) is 3.46. The second kappa shape index (κ2) is 4.94. The summed E-state index contributed by atoms with van der Waals surface area (Å²) in [5.74, 6) is -0.547. The van der Waals surface area contributed by atoms with Gasteiger partial charge in [0, 0.05) is 24.7 Å². The highest BCUT2D eigenvalue weighted by molar-refractivity contribution is 6.31. The molecule has 0 atom stereocenters. The number of halogens is 1. The molecule has 1 aromatic rings. The molecule has 0 heterocycles. The Hall–Kier alpha value is -1.61. The van der Waals surface area contributed by atoms with E-state index in [1.165, 1.54) is 11.0 Å². The third-order valence-electron chi connectivity index (χ3n) is 2.07. The largest absolute Gasteiger partial charge is 0.345 e. The van der Waals surface area contributed by atoms with Crippen LogP contribution in [0.4, 0.5) is 0 Å². The van der Waals surface area contributed by atoms with Gasteiger partial charge in [0.1, 0.15) is 0 Å². The number of amides is 1. The molecule has 1 rings (SSSR count). The van der Waals surface area contributed by atoms with E-state index in [0.29, 0.717) is 10.6 Å². The molecule has 16 heavy (non-hydrogen) atoms. The maximum Gasteiger partial charge on any atom is 0.254 e. The summed E-state index contributed by atoms with van der Waals surface area (Å²) in [6.07, 6.45) is 1.16. The van der Waals surface area contributed by atoms with Gasteiger partial charge in [-0.25, -0.2) is 0 Å². The molecule has 3 nitrogen and oxygen atoms in total. The summed E-state index contributed by atoms with van der Waals surface area (Å²) in [7, 11) is 3.25. The molecule has 0 saturated heterocycles. The lowest BCUT2D eigenvalue weighted by molar-refractivity contribution is 0.0822. The molecule has 4 heteroatoms. The van der Waals surface area contributed by atoms with Crippen molar-refractivity contribution in [3.05, 3.63) is 47.0 Å². The first kappa shape index (κ1) is 12.5. The molecule has 1 aromatic carbocycles. The molecular weight excluding hydrogens is 226 g/mol. The van der Waals surface area contributed by atoms with E-state index in [-0.39, 0.29) is 17.3 Å². The predicted molar refractivity (Wildman–Crippen MR) is 64.0 cm³/mol. The minimum absolute atomic E-state index is 0.234. The molecule has 0 aliphatic rings. The van der Waals surface area contributed by atoms with Crippen LogP contribution >= 0.6 is 11.6 Å². The number of allylic oxidation sites excluding steroid dienone is 1. The molecule has 0 aliphatic heterocycles. The number of hydrogen-bond donors (Lipinski definition) is 0. The van der Waals surface area contributed by atoms with Crippen LogP contribution in [0.1, 0.15) is 20.7 Å². The van der Waals surface area contributed by atoms with Crippen molar-refractivity contribution in [2.45, 2.75) is 0 Å². The fraction of sp³-hybridized carbons (Fsp3) is 0.167. The molecule has 0 bridgehead atoms. The van der Waals surface area contributed by atoms with Crippen LogP contribution in [0.25, 0.3) is 0 Å². The van der Waals surface area contributed by atoms with Crippen LogP contribution in [-0.2, 0) is 0 Å². The van der Waals surface area contributed by atoms with Gasteiger partial charge < -0.3 is 4.90 Å². The summed E-state index contributed by atoms with van der Waals surface area (Å²) in [5.41, 5.74) is 0.612. The highest BCUT2D eigenvalue weighted by Crippen LogP contribution is 2.18. The summed E-state index contributed by atoms with van der Waals surface area (Å²) in [6.45, 7) is 3.39. The fourth-order valence-electron chi connectivity index (χ4n) is 1.26. The zero-order valence-corrected chi connectivity index (χ0v) is 9.91. The summed E-state index contributed by atoms with van der Waals surface area (Å²) in [6, 6.07) is 4.60. The molecule has 0 spiro atoms. The Balaban J connectivity index is 3.33. The third kappa shape index (κ3) is 2.49. The molecule has 0 radical (unpaired) electrons. The average Bonchev–Trinajstić information content (AvgIpc) is 2.26. The fourth-order valence-corrected chi connectivity index (χ4v) is 1.43. The van der Waals surface area contributed by atoms with Crippen molar-refractivity contribution in [1.82, 2.24) is 4.90 Å². The first-order chi connectivity index (χ1) is 7.47. The molecular formula is C12H12ClNO2. The lowest BCUT2D eigenvalue weighted by atomic mass is 10.0. The first-order valence-electron chi connectivity index (χ1n) is 4.65. The Morgan fingerprint density at radius 1 is 1.31 bits per heavy atom. The number of ketones is 1. The van der Waals surface area contributed by atoms with E-state index >= 15 is 0 Å². The summed E-state index contributed by atoms with van der Waals surface area (Å²) in [4.78, 5) is 24.8. The van der Waals surface area contributed by atoms with Crippen LogP contribution in [0.5, 0.6) is 0 Å². The van der Waals surface area contributed by atoms with Gasteiger partial charge in [-0.3, -0.25) is 9.59 Å². The van der Waals surface area contributed by atoms with Crippen molar-refractivity contribution in [1.29, 1.82) is 0 Å². The molecule has 1 amide bonds. The number of hydrogen-bond acceptors (Lipinski definition) is 2. The van der Waals surface area contributed by atoms with E-state index in [9.17, 15) is 9.59 Å². The lowest BCUT2D eigenvalue weighted by Crippen LogP contribution is -2.23. The summed E-state index contributed by atoms with van der Waals surface area (Å²) >= 11 is 5.79. The van der Waals surface area contributed by atoms with Gasteiger partial charge in [0.25, 0.3) is 5.91 Å². The topological polar surface area (TPSA) is 37.4 Å². The van der Waals surface area contributed by atoms with E-state index in [0.717, 1.165) is 6.08 Å². The van der Waals surface area contributed by atoms with E-state index in [4.69, 9.17) is 11.6 Å². The van der Waals surface area contributed by atoms with Crippen molar-refractivity contribution in [2.24, 2.45) is 0 Å². The van der Waals surface area contributed by atoms with Gasteiger partial charge in [-0.05, 0) is 24.3 Å². The summed E-state index contributed by atoms with van der Waals surface area (Å²) < 4.78 is 0. The second-order valence-corrected chi connectivity index (χ2v) is 3.89. The van der Waals surface area contributed by atoms with Crippen molar-refractivity contribution < 1.29 is 9.59 Å². The molecule has 0 aliphatic carbocycles. The minimum Gasteiger partial charge on any atom is -0.345 e. The maximum absolute atomic E-state index is 11.8. The van der Waals surface area contributed by atoms with Crippen LogP contribution in [-0.4, -0.2) is 30.7 Å². The highest BCUT2D eigenvalue weighted by Gasteiger charge is 2.16. The minimum atomic E-state index is -0.312. The number of benzene rings is 1. The zero-order chi connectivity index (χ0) is 12.3. The molecule has 0 N–H and O–H groups in total. The smallest absolute Gasteiger partial charge is 0.254 e. The predicted octanol–water partition coefficient (Wildman–Crippen LogP) is 2.41. The van der Waals surface area contributed by atoms with E-state index in [2.05, 4.69) is 6.58 Å². The normalized spacial score (nSPS) is 9.69. The Morgan fingerprint density at radius 2 is 1.94 bits per heavy atom. The van der Waals surface area contributed by atoms with E-state index < -0.39 is 0 Å². The molecule has 0 unspecified atom stereocenters. The SMILES string of the molecule is C=CC(=O)c1cc(Cl)ccc1C(=O)N(C)C. The molecule has 0 saturated carbocycles. The van der Waals surface area contributed by atoms with Crippen molar-refractivity contribution >= 4 is 23.3 Å². The maximum atomic E-state index is 11.8. The zero-order valence-electron chi connectivity index (χ0n) is 9.16. The number of carbonyl (C=O) groups is 2. The van der Waals surface area contributed by atoms with Crippen LogP contribution in [0.15, 0.2) is 30.9 Å². The number of rotatable bonds is 3. The van der Waals surface area contributed by atoms with Crippen molar-refractivity contribution in [3.8, 4) is 0 Å². The molecule has 0 fully saturated rings. The van der Waals surface area contributed by atoms with Crippen LogP contribution < -0.4 is 0 Å². The standard InChI is InChI=1S/C12H12ClNO2/c1-4-11(15)10-7-8(13)5-6-9(10)12(16)14(2)3/h4-7H,1H2,2-3H3. The quantitative estimate of drug-likeness (QED) is 0.598. The Kier molecular flexibility index (Phi) is 3.85. The van der Waals surface area contributed by atoms with Gasteiger partial charge in [-0.2, -0.15) is 0 Å². The molecule has 84 valence electrons. The monoisotopic (exact) mass is 237 g/mol. The number of nitrogens with zero attached hydrogens (tertiary/aromatic N) is 1. The van der Waals surface area contributed by atoms with Crippen molar-refractivity contribution in [2.75, 3.05) is 14.1 Å². The average molecular weight is 238 g/mol. The van der Waals surface area contributed by atoms with Crippen LogP contribution in [0, 0.1) is 0 Å². The van der Waals surface area contributed by atoms with Crippen LogP contribution in [0.2, 0.25) is 5.02 Å². The van der Waals surface area contributed by atoms with Gasteiger partial charge in [0.2, 0.25) is 0 Å². The lowest BCUT2D eigenvalue weighted by Gasteiger charge is -2.12. The van der Waals surface area contributed by atoms with Crippen LogP contribution in [0.3, 0.4) is 0 Å². The Morgan fingerprint density at radius 3 is 2.44 bits per heavy atom. The first-order valence-corrected chi connectivity index (χ1v) is 5.03. The van der Waals surface area contributed by atoms with E-state index in [1.807, 2.05) is 0 Å². The van der Waals surface area contributed by atoms with Gasteiger partial charge in [0.15, 0.2) is 5.78 Å². The Labute approximate surface area is 99.3 Å². The number of carbonyl (C=O) groups excluding carboxylic acids is 2. The van der Waals surface area contributed by atoms with Gasteiger partial charge >= 0.3 is 0 Å². The molecule has 0 aromatic heterocycles. The third-order valence-corrected chi connectivity index (χ3v) is 2.30. The Bertz CT molecular complexity index is 452. The highest BCUT2D eigenvalue weighted by atomic mass is 35.5.